The zero-order valence-electron chi connectivity index (χ0n) is 15.7. The van der Waals surface area contributed by atoms with Crippen molar-refractivity contribution in [2.45, 2.75) is 44.1 Å². The Morgan fingerprint density at radius 1 is 1.34 bits per heavy atom. The lowest BCUT2D eigenvalue weighted by Crippen LogP contribution is -2.42. The fourth-order valence-electron chi connectivity index (χ4n) is 4.54. The number of nitrogens with zero attached hydrogens (tertiary/aromatic N) is 2. The maximum atomic E-state index is 14.2. The van der Waals surface area contributed by atoms with Gasteiger partial charge in [0.05, 0.1) is 10.9 Å². The van der Waals surface area contributed by atoms with E-state index in [2.05, 4.69) is 5.10 Å². The molecule has 2 N–H and O–H groups in total. The van der Waals surface area contributed by atoms with Crippen molar-refractivity contribution in [2.75, 3.05) is 0 Å². The summed E-state index contributed by atoms with van der Waals surface area (Å²) in [7, 11) is 0. The summed E-state index contributed by atoms with van der Waals surface area (Å²) >= 11 is 0. The summed E-state index contributed by atoms with van der Waals surface area (Å²) in [5.41, 5.74) is 2.94. The van der Waals surface area contributed by atoms with E-state index in [4.69, 9.17) is 0 Å². The summed E-state index contributed by atoms with van der Waals surface area (Å²) in [5, 5.41) is 13.9. The van der Waals surface area contributed by atoms with E-state index in [0.717, 1.165) is 5.56 Å². The number of fused-ring (bicyclic) bond motifs is 1. The van der Waals surface area contributed by atoms with Crippen LogP contribution in [0.5, 0.6) is 0 Å². The monoisotopic (exact) mass is 403 g/mol. The van der Waals surface area contributed by atoms with Crippen molar-refractivity contribution in [1.82, 2.24) is 15.3 Å². The highest BCUT2D eigenvalue weighted by Crippen LogP contribution is 2.50. The maximum absolute atomic E-state index is 14.2. The molecule has 1 aliphatic rings. The first kappa shape index (κ1) is 19.4. The van der Waals surface area contributed by atoms with Crippen LogP contribution in [-0.2, 0) is 10.2 Å². The lowest BCUT2D eigenvalue weighted by Gasteiger charge is -2.29. The molecule has 0 spiro atoms. The van der Waals surface area contributed by atoms with Gasteiger partial charge in [0, 0.05) is 11.6 Å². The van der Waals surface area contributed by atoms with Crippen molar-refractivity contribution in [3.05, 3.63) is 65.1 Å². The van der Waals surface area contributed by atoms with Crippen LogP contribution in [0.3, 0.4) is 0 Å². The Labute approximate surface area is 165 Å². The molecular formula is C21H20F3N3O2. The fourth-order valence-corrected chi connectivity index (χ4v) is 4.54. The Morgan fingerprint density at radius 2 is 2.14 bits per heavy atom. The standard InChI is InChI=1S/C21H20F3N3O2/c1-12-16(3-2-4-17(12)22)21(19(28)26-29)8-7-14(10-21)13-5-6-15-11-27(20(23)24)25-18(15)9-13/h2-6,9,11,14,20,29H,7-8,10H2,1H3,(H,26,28)/t14-,21-/m0/s1. The smallest absolute Gasteiger partial charge is 0.289 e. The van der Waals surface area contributed by atoms with Gasteiger partial charge in [-0.05, 0) is 60.9 Å². The molecule has 4 rings (SSSR count). The maximum Gasteiger partial charge on any atom is 0.333 e. The second-order valence-corrected chi connectivity index (χ2v) is 7.58. The molecule has 0 unspecified atom stereocenters. The number of benzene rings is 2. The Morgan fingerprint density at radius 3 is 2.86 bits per heavy atom. The van der Waals surface area contributed by atoms with E-state index in [9.17, 15) is 23.2 Å². The van der Waals surface area contributed by atoms with Crippen molar-refractivity contribution in [2.24, 2.45) is 0 Å². The highest BCUT2D eigenvalue weighted by molar-refractivity contribution is 5.88. The molecular weight excluding hydrogens is 383 g/mol. The summed E-state index contributed by atoms with van der Waals surface area (Å²) in [6, 6.07) is 9.93. The molecule has 152 valence electrons. The minimum absolute atomic E-state index is 0.0592. The Balaban J connectivity index is 1.72. The lowest BCUT2D eigenvalue weighted by molar-refractivity contribution is -0.135. The number of nitrogens with one attached hydrogen (secondary N) is 1. The molecule has 0 bridgehead atoms. The molecule has 1 heterocycles. The highest BCUT2D eigenvalue weighted by Gasteiger charge is 2.48. The van der Waals surface area contributed by atoms with Crippen LogP contribution in [0.1, 0.15) is 48.4 Å². The predicted molar refractivity (Wildman–Crippen MR) is 100 cm³/mol. The zero-order valence-corrected chi connectivity index (χ0v) is 15.7. The van der Waals surface area contributed by atoms with Gasteiger partial charge in [0.15, 0.2) is 0 Å². The molecule has 1 aliphatic carbocycles. The number of rotatable bonds is 4. The minimum Gasteiger partial charge on any atom is -0.289 e. The number of hydroxylamine groups is 1. The van der Waals surface area contributed by atoms with Gasteiger partial charge in [0.2, 0.25) is 0 Å². The van der Waals surface area contributed by atoms with Crippen LogP contribution in [0.4, 0.5) is 13.2 Å². The highest BCUT2D eigenvalue weighted by atomic mass is 19.3. The number of aromatic nitrogens is 2. The van der Waals surface area contributed by atoms with Gasteiger partial charge in [-0.1, -0.05) is 24.3 Å². The summed E-state index contributed by atoms with van der Waals surface area (Å²) in [5.74, 6) is -1.04. The number of alkyl halides is 2. The molecule has 0 aliphatic heterocycles. The van der Waals surface area contributed by atoms with E-state index in [1.165, 1.54) is 12.3 Å². The Hall–Kier alpha value is -2.87. The number of amides is 1. The zero-order chi connectivity index (χ0) is 20.8. The fraction of sp³-hybridized carbons (Fsp3) is 0.333. The first-order valence-electron chi connectivity index (χ1n) is 9.33. The van der Waals surface area contributed by atoms with Gasteiger partial charge in [-0.2, -0.15) is 13.9 Å². The van der Waals surface area contributed by atoms with Gasteiger partial charge < -0.3 is 0 Å². The topological polar surface area (TPSA) is 67.2 Å². The Bertz CT molecular complexity index is 1080. The average molecular weight is 403 g/mol. The van der Waals surface area contributed by atoms with Crippen molar-refractivity contribution in [3.8, 4) is 0 Å². The SMILES string of the molecule is Cc1c(F)cccc1[C@]1(C(=O)NO)CC[C@H](c2ccc3cn(C(F)F)nc3c2)C1. The summed E-state index contributed by atoms with van der Waals surface area (Å²) in [6.45, 7) is -1.10. The molecule has 1 saturated carbocycles. The average Bonchev–Trinajstić information content (AvgIpc) is 3.34. The van der Waals surface area contributed by atoms with Gasteiger partial charge in [0.25, 0.3) is 5.91 Å². The van der Waals surface area contributed by atoms with Crippen LogP contribution >= 0.6 is 0 Å². The van der Waals surface area contributed by atoms with Crippen molar-refractivity contribution < 1.29 is 23.2 Å². The van der Waals surface area contributed by atoms with E-state index in [-0.39, 0.29) is 5.92 Å². The normalized spacial score (nSPS) is 21.8. The molecule has 8 heteroatoms. The van der Waals surface area contributed by atoms with Crippen molar-refractivity contribution in [1.29, 1.82) is 0 Å². The number of halogens is 3. The molecule has 5 nitrogen and oxygen atoms in total. The van der Waals surface area contributed by atoms with Crippen LogP contribution in [0.15, 0.2) is 42.6 Å². The molecule has 1 amide bonds. The molecule has 0 saturated heterocycles. The van der Waals surface area contributed by atoms with Crippen LogP contribution in [0.25, 0.3) is 10.9 Å². The molecule has 0 radical (unpaired) electrons. The first-order valence-corrected chi connectivity index (χ1v) is 9.33. The summed E-state index contributed by atoms with van der Waals surface area (Å²) in [4.78, 5) is 12.7. The largest absolute Gasteiger partial charge is 0.333 e. The van der Waals surface area contributed by atoms with Gasteiger partial charge in [-0.3, -0.25) is 10.0 Å². The van der Waals surface area contributed by atoms with Crippen LogP contribution in [-0.4, -0.2) is 20.9 Å². The van der Waals surface area contributed by atoms with Gasteiger partial charge >= 0.3 is 6.55 Å². The second-order valence-electron chi connectivity index (χ2n) is 7.58. The number of hydrogen-bond donors (Lipinski definition) is 2. The summed E-state index contributed by atoms with van der Waals surface area (Å²) < 4.78 is 40.6. The third-order valence-electron chi connectivity index (χ3n) is 6.05. The third-order valence-corrected chi connectivity index (χ3v) is 6.05. The van der Waals surface area contributed by atoms with Crippen molar-refractivity contribution in [3.63, 3.8) is 0 Å². The number of carbonyl (C=O) groups excluding carboxylic acids is 1. The van der Waals surface area contributed by atoms with E-state index in [0.29, 0.717) is 46.0 Å². The van der Waals surface area contributed by atoms with E-state index < -0.39 is 23.7 Å². The van der Waals surface area contributed by atoms with Crippen molar-refractivity contribution >= 4 is 16.8 Å². The first-order chi connectivity index (χ1) is 13.9. The Kier molecular flexibility index (Phi) is 4.82. The molecule has 1 fully saturated rings. The van der Waals surface area contributed by atoms with E-state index in [1.54, 1.807) is 36.7 Å². The van der Waals surface area contributed by atoms with Crippen LogP contribution < -0.4 is 5.48 Å². The van der Waals surface area contributed by atoms with E-state index >= 15 is 0 Å². The van der Waals surface area contributed by atoms with Gasteiger partial charge in [-0.25, -0.2) is 14.6 Å². The number of carbonyl (C=O) groups is 1. The lowest BCUT2D eigenvalue weighted by atomic mass is 9.75. The minimum atomic E-state index is -2.71. The second kappa shape index (κ2) is 7.18. The molecule has 2 aromatic carbocycles. The molecule has 3 aromatic rings. The molecule has 2 atom stereocenters. The quantitative estimate of drug-likeness (QED) is 0.495. The molecule has 1 aromatic heterocycles. The van der Waals surface area contributed by atoms with Gasteiger partial charge in [-0.15, -0.1) is 0 Å². The van der Waals surface area contributed by atoms with Crippen LogP contribution in [0.2, 0.25) is 0 Å². The third kappa shape index (κ3) is 3.17. The van der Waals surface area contributed by atoms with E-state index in [1.807, 2.05) is 6.07 Å². The number of hydrogen-bond acceptors (Lipinski definition) is 3. The predicted octanol–water partition coefficient (Wildman–Crippen LogP) is 4.59. The van der Waals surface area contributed by atoms with Gasteiger partial charge in [0.1, 0.15) is 5.82 Å². The van der Waals surface area contributed by atoms with Crippen LogP contribution in [0, 0.1) is 12.7 Å². The summed E-state index contributed by atoms with van der Waals surface area (Å²) in [6.07, 6.45) is 2.71. The molecule has 29 heavy (non-hydrogen) atoms.